The van der Waals surface area contributed by atoms with Crippen molar-refractivity contribution in [2.45, 2.75) is 65.5 Å². The maximum Gasteiger partial charge on any atom is 0.244 e. The number of aromatic nitrogens is 3. The van der Waals surface area contributed by atoms with E-state index in [1.165, 1.54) is 0 Å². The third-order valence-corrected chi connectivity index (χ3v) is 3.37. The highest BCUT2D eigenvalue weighted by Crippen LogP contribution is 2.28. The van der Waals surface area contributed by atoms with Gasteiger partial charge >= 0.3 is 0 Å². The number of amides is 1. The third-order valence-electron chi connectivity index (χ3n) is 3.37. The zero-order valence-corrected chi connectivity index (χ0v) is 13.3. The Balaban J connectivity index is 2.01. The van der Waals surface area contributed by atoms with Gasteiger partial charge in [0, 0.05) is 18.0 Å². The fourth-order valence-corrected chi connectivity index (χ4v) is 2.18. The lowest BCUT2D eigenvalue weighted by Gasteiger charge is -2.24. The van der Waals surface area contributed by atoms with Gasteiger partial charge in [0.25, 0.3) is 0 Å². The maximum absolute atomic E-state index is 12.4. The van der Waals surface area contributed by atoms with Crippen LogP contribution in [0.25, 0.3) is 0 Å². The SMILES string of the molecule is CC(C)CN(C(=O)Cn1cnc(C(C)(C)C)n1)C1CC1. The quantitative estimate of drug-likeness (QED) is 0.830. The van der Waals surface area contributed by atoms with E-state index in [1.807, 2.05) is 4.90 Å². The second-order valence-corrected chi connectivity index (χ2v) is 7.19. The summed E-state index contributed by atoms with van der Waals surface area (Å²) in [6.07, 6.45) is 3.95. The molecule has 1 saturated carbocycles. The molecule has 2 rings (SSSR count). The highest BCUT2D eigenvalue weighted by molar-refractivity contribution is 5.76. The first-order valence-corrected chi connectivity index (χ1v) is 7.46. The van der Waals surface area contributed by atoms with Gasteiger partial charge in [-0.05, 0) is 18.8 Å². The van der Waals surface area contributed by atoms with Crippen molar-refractivity contribution in [2.75, 3.05) is 6.54 Å². The molecule has 0 aromatic carbocycles. The summed E-state index contributed by atoms with van der Waals surface area (Å²) in [5.74, 6) is 1.44. The van der Waals surface area contributed by atoms with E-state index in [2.05, 4.69) is 44.7 Å². The summed E-state index contributed by atoms with van der Waals surface area (Å²) in [7, 11) is 0. The van der Waals surface area contributed by atoms with Crippen molar-refractivity contribution in [1.29, 1.82) is 0 Å². The van der Waals surface area contributed by atoms with E-state index in [0.29, 0.717) is 18.5 Å². The molecule has 0 aliphatic heterocycles. The number of hydrogen-bond donors (Lipinski definition) is 0. The Hall–Kier alpha value is -1.39. The van der Waals surface area contributed by atoms with Crippen LogP contribution < -0.4 is 0 Å². The van der Waals surface area contributed by atoms with Gasteiger partial charge in [0.1, 0.15) is 12.9 Å². The molecule has 5 nitrogen and oxygen atoms in total. The monoisotopic (exact) mass is 278 g/mol. The topological polar surface area (TPSA) is 51.0 Å². The van der Waals surface area contributed by atoms with E-state index in [-0.39, 0.29) is 11.3 Å². The molecular weight excluding hydrogens is 252 g/mol. The van der Waals surface area contributed by atoms with Gasteiger partial charge in [0.05, 0.1) is 0 Å². The van der Waals surface area contributed by atoms with Crippen LogP contribution >= 0.6 is 0 Å². The summed E-state index contributed by atoms with van der Waals surface area (Å²) >= 11 is 0. The summed E-state index contributed by atoms with van der Waals surface area (Å²) in [5, 5.41) is 4.42. The van der Waals surface area contributed by atoms with E-state index in [1.54, 1.807) is 11.0 Å². The smallest absolute Gasteiger partial charge is 0.244 e. The molecule has 112 valence electrons. The zero-order valence-electron chi connectivity index (χ0n) is 13.3. The number of carbonyl (C=O) groups is 1. The minimum atomic E-state index is -0.0809. The van der Waals surface area contributed by atoms with Gasteiger partial charge < -0.3 is 4.90 Å². The van der Waals surface area contributed by atoms with Gasteiger partial charge in [-0.3, -0.25) is 4.79 Å². The highest BCUT2D eigenvalue weighted by atomic mass is 16.2. The van der Waals surface area contributed by atoms with Crippen LogP contribution in [0.1, 0.15) is 53.3 Å². The average Bonchev–Trinajstić information content (AvgIpc) is 3.04. The Labute approximate surface area is 121 Å². The van der Waals surface area contributed by atoms with Crippen LogP contribution in [0.3, 0.4) is 0 Å². The van der Waals surface area contributed by atoms with E-state index in [4.69, 9.17) is 0 Å². The first-order valence-electron chi connectivity index (χ1n) is 7.46. The number of hydrogen-bond acceptors (Lipinski definition) is 3. The molecule has 0 radical (unpaired) electrons. The molecule has 0 bridgehead atoms. The van der Waals surface area contributed by atoms with Crippen LogP contribution in [0.5, 0.6) is 0 Å². The average molecular weight is 278 g/mol. The van der Waals surface area contributed by atoms with Crippen molar-refractivity contribution in [2.24, 2.45) is 5.92 Å². The predicted molar refractivity (Wildman–Crippen MR) is 78.3 cm³/mol. The molecule has 1 amide bonds. The lowest BCUT2D eigenvalue weighted by atomic mass is 9.96. The third kappa shape index (κ3) is 3.81. The van der Waals surface area contributed by atoms with Crippen molar-refractivity contribution in [3.63, 3.8) is 0 Å². The van der Waals surface area contributed by atoms with E-state index in [9.17, 15) is 4.79 Å². The molecular formula is C15H26N4O. The molecule has 5 heteroatoms. The van der Waals surface area contributed by atoms with Crippen molar-refractivity contribution >= 4 is 5.91 Å². The van der Waals surface area contributed by atoms with E-state index in [0.717, 1.165) is 25.2 Å². The summed E-state index contributed by atoms with van der Waals surface area (Å²) in [4.78, 5) is 18.7. The molecule has 1 fully saturated rings. The Morgan fingerprint density at radius 1 is 1.45 bits per heavy atom. The van der Waals surface area contributed by atoms with Crippen molar-refractivity contribution in [1.82, 2.24) is 19.7 Å². The van der Waals surface area contributed by atoms with E-state index >= 15 is 0 Å². The van der Waals surface area contributed by atoms with E-state index < -0.39 is 0 Å². The fourth-order valence-electron chi connectivity index (χ4n) is 2.18. The number of rotatable bonds is 5. The van der Waals surface area contributed by atoms with Crippen LogP contribution in [-0.2, 0) is 16.8 Å². The Morgan fingerprint density at radius 2 is 2.10 bits per heavy atom. The number of carbonyl (C=O) groups excluding carboxylic acids is 1. The lowest BCUT2D eigenvalue weighted by molar-refractivity contribution is -0.133. The van der Waals surface area contributed by atoms with Gasteiger partial charge in [0.2, 0.25) is 5.91 Å². The van der Waals surface area contributed by atoms with Crippen LogP contribution in [0, 0.1) is 5.92 Å². The Morgan fingerprint density at radius 3 is 2.55 bits per heavy atom. The molecule has 0 unspecified atom stereocenters. The summed E-state index contributed by atoms with van der Waals surface area (Å²) in [6.45, 7) is 11.7. The molecule has 0 N–H and O–H groups in total. The van der Waals surface area contributed by atoms with Crippen LogP contribution in [0.4, 0.5) is 0 Å². The number of nitrogens with zero attached hydrogens (tertiary/aromatic N) is 4. The molecule has 1 aromatic rings. The van der Waals surface area contributed by atoms with Crippen LogP contribution in [0.15, 0.2) is 6.33 Å². The van der Waals surface area contributed by atoms with Crippen LogP contribution in [0.2, 0.25) is 0 Å². The van der Waals surface area contributed by atoms with Gasteiger partial charge in [-0.25, -0.2) is 9.67 Å². The Bertz CT molecular complexity index is 468. The molecule has 20 heavy (non-hydrogen) atoms. The molecule has 1 aromatic heterocycles. The molecule has 1 aliphatic rings. The molecule has 1 aliphatic carbocycles. The zero-order chi connectivity index (χ0) is 14.9. The standard InChI is InChI=1S/C15H26N4O/c1-11(2)8-19(12-6-7-12)13(20)9-18-10-16-14(17-18)15(3,4)5/h10-12H,6-9H2,1-5H3. The second-order valence-electron chi connectivity index (χ2n) is 7.19. The van der Waals surface area contributed by atoms with Gasteiger partial charge in [0.15, 0.2) is 5.82 Å². The largest absolute Gasteiger partial charge is 0.338 e. The predicted octanol–water partition coefficient (Wildman–Crippen LogP) is 2.22. The minimum absolute atomic E-state index is 0.0809. The van der Waals surface area contributed by atoms with Crippen molar-refractivity contribution in [3.8, 4) is 0 Å². The highest BCUT2D eigenvalue weighted by Gasteiger charge is 2.33. The van der Waals surface area contributed by atoms with Gasteiger partial charge in [-0.2, -0.15) is 5.10 Å². The van der Waals surface area contributed by atoms with Crippen molar-refractivity contribution in [3.05, 3.63) is 12.2 Å². The summed E-state index contributed by atoms with van der Waals surface area (Å²) in [5.41, 5.74) is -0.0809. The first kappa shape index (κ1) is 15.0. The summed E-state index contributed by atoms with van der Waals surface area (Å²) < 4.78 is 1.67. The second kappa shape index (κ2) is 5.54. The molecule has 0 saturated heterocycles. The van der Waals surface area contributed by atoms with Gasteiger partial charge in [-0.15, -0.1) is 0 Å². The minimum Gasteiger partial charge on any atom is -0.338 e. The molecule has 1 heterocycles. The maximum atomic E-state index is 12.4. The molecule has 0 spiro atoms. The summed E-state index contributed by atoms with van der Waals surface area (Å²) in [6, 6.07) is 0.454. The van der Waals surface area contributed by atoms with Crippen molar-refractivity contribution < 1.29 is 4.79 Å². The Kier molecular flexibility index (Phi) is 4.16. The van der Waals surface area contributed by atoms with Crippen LogP contribution in [-0.4, -0.2) is 38.2 Å². The normalized spacial score (nSPS) is 15.7. The first-order chi connectivity index (χ1) is 9.27. The van der Waals surface area contributed by atoms with Gasteiger partial charge in [-0.1, -0.05) is 34.6 Å². The molecule has 0 atom stereocenters. The fraction of sp³-hybridized carbons (Fsp3) is 0.800. The lowest BCUT2D eigenvalue weighted by Crippen LogP contribution is -2.38.